The summed E-state index contributed by atoms with van der Waals surface area (Å²) in [5.41, 5.74) is 3.73. The van der Waals surface area contributed by atoms with Crippen LogP contribution in [0.5, 0.6) is 5.75 Å². The molecule has 4 heteroatoms. The molecule has 0 aliphatic carbocycles. The minimum atomic E-state index is -0.0850. The van der Waals surface area contributed by atoms with Crippen LogP contribution in [0.25, 0.3) is 0 Å². The van der Waals surface area contributed by atoms with Crippen LogP contribution in [0.15, 0.2) is 42.5 Å². The third-order valence-corrected chi connectivity index (χ3v) is 2.96. The molecule has 0 radical (unpaired) electrons. The van der Waals surface area contributed by atoms with Crippen LogP contribution in [-0.4, -0.2) is 11.0 Å². The van der Waals surface area contributed by atoms with Crippen LogP contribution in [-0.2, 0) is 11.3 Å². The van der Waals surface area contributed by atoms with E-state index in [9.17, 15) is 9.90 Å². The molecule has 0 fully saturated rings. The summed E-state index contributed by atoms with van der Waals surface area (Å²) in [4.78, 5) is 11.1. The number of carbonyl (C=O) groups is 1. The van der Waals surface area contributed by atoms with E-state index in [0.29, 0.717) is 6.54 Å². The van der Waals surface area contributed by atoms with Crippen LogP contribution in [0.4, 0.5) is 11.4 Å². The van der Waals surface area contributed by atoms with E-state index in [-0.39, 0.29) is 11.7 Å². The maximum atomic E-state index is 11.1. The van der Waals surface area contributed by atoms with Gasteiger partial charge in [-0.2, -0.15) is 0 Å². The second kappa shape index (κ2) is 6.10. The van der Waals surface area contributed by atoms with Gasteiger partial charge in [0.1, 0.15) is 5.75 Å². The molecule has 20 heavy (non-hydrogen) atoms. The number of carbonyl (C=O) groups excluding carboxylic acids is 1. The summed E-state index contributed by atoms with van der Waals surface area (Å²) >= 11 is 0. The first-order valence-electron chi connectivity index (χ1n) is 6.44. The standard InChI is InChI=1S/C16H18N2O2/c1-11-6-7-14(9-16(11)18-12(2)19)17-10-13-4-3-5-15(20)8-13/h3-9,17,20H,10H2,1-2H3,(H,18,19). The van der Waals surface area contributed by atoms with Gasteiger partial charge in [-0.15, -0.1) is 0 Å². The first-order valence-corrected chi connectivity index (χ1v) is 6.44. The highest BCUT2D eigenvalue weighted by Gasteiger charge is 2.02. The molecule has 104 valence electrons. The Balaban J connectivity index is 2.08. The predicted octanol–water partition coefficient (Wildman–Crippen LogP) is 3.27. The van der Waals surface area contributed by atoms with Gasteiger partial charge in [-0.05, 0) is 42.3 Å². The average Bonchev–Trinajstić information content (AvgIpc) is 2.39. The number of phenols is 1. The number of hydrogen-bond donors (Lipinski definition) is 3. The van der Waals surface area contributed by atoms with Crippen molar-refractivity contribution in [1.82, 2.24) is 0 Å². The molecule has 2 aromatic rings. The maximum absolute atomic E-state index is 11.1. The lowest BCUT2D eigenvalue weighted by atomic mass is 10.1. The molecule has 0 spiro atoms. The number of phenolic OH excluding ortho intramolecular Hbond substituents is 1. The third kappa shape index (κ3) is 3.75. The molecule has 4 nitrogen and oxygen atoms in total. The number of anilines is 2. The molecule has 0 saturated carbocycles. The number of rotatable bonds is 4. The van der Waals surface area contributed by atoms with Gasteiger partial charge in [0, 0.05) is 24.8 Å². The number of hydrogen-bond acceptors (Lipinski definition) is 3. The van der Waals surface area contributed by atoms with Crippen molar-refractivity contribution in [2.24, 2.45) is 0 Å². The van der Waals surface area contributed by atoms with Gasteiger partial charge in [-0.25, -0.2) is 0 Å². The van der Waals surface area contributed by atoms with E-state index in [1.165, 1.54) is 6.92 Å². The van der Waals surface area contributed by atoms with Crippen molar-refractivity contribution >= 4 is 17.3 Å². The van der Waals surface area contributed by atoms with Gasteiger partial charge in [0.2, 0.25) is 5.91 Å². The molecule has 0 aliphatic heterocycles. The zero-order valence-corrected chi connectivity index (χ0v) is 11.6. The molecule has 0 aliphatic rings. The van der Waals surface area contributed by atoms with Crippen molar-refractivity contribution in [3.05, 3.63) is 53.6 Å². The highest BCUT2D eigenvalue weighted by molar-refractivity contribution is 5.90. The monoisotopic (exact) mass is 270 g/mol. The second-order valence-corrected chi connectivity index (χ2v) is 4.73. The number of amides is 1. The summed E-state index contributed by atoms with van der Waals surface area (Å²) in [5.74, 6) is 0.172. The van der Waals surface area contributed by atoms with Crippen LogP contribution in [0.1, 0.15) is 18.1 Å². The number of aromatic hydroxyl groups is 1. The molecule has 0 heterocycles. The molecule has 3 N–H and O–H groups in total. The maximum Gasteiger partial charge on any atom is 0.221 e. The fraction of sp³-hybridized carbons (Fsp3) is 0.188. The molecule has 0 saturated heterocycles. The van der Waals surface area contributed by atoms with Crippen molar-refractivity contribution in [2.75, 3.05) is 10.6 Å². The molecule has 0 bridgehead atoms. The third-order valence-electron chi connectivity index (χ3n) is 2.96. The summed E-state index contributed by atoms with van der Waals surface area (Å²) in [7, 11) is 0. The molecule has 2 aromatic carbocycles. The predicted molar refractivity (Wildman–Crippen MR) is 80.9 cm³/mol. The molecule has 1 amide bonds. The molecule has 0 atom stereocenters. The molecular formula is C16H18N2O2. The first-order chi connectivity index (χ1) is 9.54. The van der Waals surface area contributed by atoms with Crippen molar-refractivity contribution in [2.45, 2.75) is 20.4 Å². The van der Waals surface area contributed by atoms with E-state index in [4.69, 9.17) is 0 Å². The molecule has 2 rings (SSSR count). The molecular weight excluding hydrogens is 252 g/mol. The van der Waals surface area contributed by atoms with Gasteiger partial charge >= 0.3 is 0 Å². The van der Waals surface area contributed by atoms with Crippen molar-refractivity contribution < 1.29 is 9.90 Å². The Morgan fingerprint density at radius 2 is 2.00 bits per heavy atom. The van der Waals surface area contributed by atoms with Crippen LogP contribution < -0.4 is 10.6 Å². The van der Waals surface area contributed by atoms with Crippen LogP contribution in [0.2, 0.25) is 0 Å². The fourth-order valence-corrected chi connectivity index (χ4v) is 1.93. The first kappa shape index (κ1) is 13.9. The SMILES string of the molecule is CC(=O)Nc1cc(NCc2cccc(O)c2)ccc1C. The van der Waals surface area contributed by atoms with E-state index in [1.54, 1.807) is 12.1 Å². The zero-order valence-electron chi connectivity index (χ0n) is 11.6. The number of benzene rings is 2. The zero-order chi connectivity index (χ0) is 14.5. The Labute approximate surface area is 118 Å². The minimum absolute atomic E-state index is 0.0850. The lowest BCUT2D eigenvalue weighted by molar-refractivity contribution is -0.114. The van der Waals surface area contributed by atoms with Gasteiger partial charge in [-0.1, -0.05) is 18.2 Å². The van der Waals surface area contributed by atoms with E-state index in [0.717, 1.165) is 22.5 Å². The largest absolute Gasteiger partial charge is 0.508 e. The minimum Gasteiger partial charge on any atom is -0.508 e. The lowest BCUT2D eigenvalue weighted by Gasteiger charge is -2.11. The van der Waals surface area contributed by atoms with E-state index < -0.39 is 0 Å². The summed E-state index contributed by atoms with van der Waals surface area (Å²) in [5, 5.41) is 15.5. The van der Waals surface area contributed by atoms with Gasteiger partial charge in [0.05, 0.1) is 0 Å². The summed E-state index contributed by atoms with van der Waals surface area (Å²) in [6.07, 6.45) is 0. The normalized spacial score (nSPS) is 10.1. The molecule has 0 aromatic heterocycles. The highest BCUT2D eigenvalue weighted by atomic mass is 16.3. The summed E-state index contributed by atoms with van der Waals surface area (Å²) in [6, 6.07) is 12.9. The van der Waals surface area contributed by atoms with Crippen molar-refractivity contribution in [1.29, 1.82) is 0 Å². The Kier molecular flexibility index (Phi) is 4.25. The van der Waals surface area contributed by atoms with Crippen LogP contribution in [0.3, 0.4) is 0 Å². The van der Waals surface area contributed by atoms with Gasteiger partial charge in [-0.3, -0.25) is 4.79 Å². The van der Waals surface area contributed by atoms with Crippen molar-refractivity contribution in [3.8, 4) is 5.75 Å². The second-order valence-electron chi connectivity index (χ2n) is 4.73. The van der Waals surface area contributed by atoms with Crippen LogP contribution >= 0.6 is 0 Å². The quantitative estimate of drug-likeness (QED) is 0.799. The fourth-order valence-electron chi connectivity index (χ4n) is 1.93. The number of aryl methyl sites for hydroxylation is 1. The van der Waals surface area contributed by atoms with Gasteiger partial charge < -0.3 is 15.7 Å². The van der Waals surface area contributed by atoms with E-state index in [2.05, 4.69) is 10.6 Å². The topological polar surface area (TPSA) is 61.4 Å². The molecule has 0 unspecified atom stereocenters. The van der Waals surface area contributed by atoms with E-state index in [1.807, 2.05) is 37.3 Å². The number of nitrogens with one attached hydrogen (secondary N) is 2. The Bertz CT molecular complexity index is 624. The Morgan fingerprint density at radius 1 is 1.20 bits per heavy atom. The Morgan fingerprint density at radius 3 is 2.70 bits per heavy atom. The van der Waals surface area contributed by atoms with Crippen LogP contribution in [0, 0.1) is 6.92 Å². The summed E-state index contributed by atoms with van der Waals surface area (Å²) < 4.78 is 0. The highest BCUT2D eigenvalue weighted by Crippen LogP contribution is 2.21. The lowest BCUT2D eigenvalue weighted by Crippen LogP contribution is -2.08. The Hall–Kier alpha value is -2.49. The van der Waals surface area contributed by atoms with Gasteiger partial charge in [0.25, 0.3) is 0 Å². The van der Waals surface area contributed by atoms with E-state index >= 15 is 0 Å². The summed E-state index contributed by atoms with van der Waals surface area (Å²) in [6.45, 7) is 4.05. The smallest absolute Gasteiger partial charge is 0.221 e. The van der Waals surface area contributed by atoms with Gasteiger partial charge in [0.15, 0.2) is 0 Å². The average molecular weight is 270 g/mol. The van der Waals surface area contributed by atoms with Crippen molar-refractivity contribution in [3.63, 3.8) is 0 Å².